The molecule has 0 unspecified atom stereocenters. The van der Waals surface area contributed by atoms with Gasteiger partial charge in [0.15, 0.2) is 0 Å². The van der Waals surface area contributed by atoms with Crippen molar-refractivity contribution in [3.63, 3.8) is 0 Å². The van der Waals surface area contributed by atoms with Gasteiger partial charge in [0.05, 0.1) is 40.1 Å². The van der Waals surface area contributed by atoms with E-state index in [9.17, 15) is 11.0 Å². The molecular weight excluding hydrogens is 599 g/mol. The van der Waals surface area contributed by atoms with Crippen LogP contribution in [0.1, 0.15) is 23.3 Å². The molecule has 2 heterocycles. The smallest absolute Gasteiger partial charge is 0.143 e. The summed E-state index contributed by atoms with van der Waals surface area (Å²) < 4.78 is 168. The van der Waals surface area contributed by atoms with Gasteiger partial charge in [-0.05, 0) is 70.5 Å². The molecule has 0 aliphatic rings. The second-order valence-corrected chi connectivity index (χ2v) is 11.2. The van der Waals surface area contributed by atoms with Gasteiger partial charge in [-0.2, -0.15) is 0 Å². The third-order valence-electron chi connectivity index (χ3n) is 8.41. The number of anilines is 3. The molecule has 3 heteroatoms. The van der Waals surface area contributed by atoms with Gasteiger partial charge in [0, 0.05) is 32.8 Å². The third-order valence-corrected chi connectivity index (χ3v) is 8.41. The second-order valence-electron chi connectivity index (χ2n) is 11.2. The number of hydrogen-bond acceptors (Lipinski definition) is 3. The third kappa shape index (κ3) is 4.37. The van der Waals surface area contributed by atoms with Crippen LogP contribution >= 0.6 is 0 Å². The zero-order chi connectivity index (χ0) is 47.1. The highest BCUT2D eigenvalue weighted by Crippen LogP contribution is 2.47. The molecule has 0 N–H and O–H groups in total. The van der Waals surface area contributed by atoms with E-state index in [1.54, 1.807) is 60.7 Å². The van der Waals surface area contributed by atoms with Gasteiger partial charge in [0.1, 0.15) is 22.3 Å². The number of fused-ring (bicyclic) bond motifs is 8. The molecular formula is C46H29NO2. The predicted octanol–water partition coefficient (Wildman–Crippen LogP) is 13.4. The Morgan fingerprint density at radius 3 is 2.12 bits per heavy atom. The summed E-state index contributed by atoms with van der Waals surface area (Å²) in [6, 6.07) is 7.78. The van der Waals surface area contributed by atoms with Gasteiger partial charge >= 0.3 is 0 Å². The molecule has 230 valence electrons. The van der Waals surface area contributed by atoms with Gasteiger partial charge in [-0.1, -0.05) is 127 Å². The van der Waals surface area contributed by atoms with Crippen molar-refractivity contribution < 1.29 is 32.1 Å². The summed E-state index contributed by atoms with van der Waals surface area (Å²) in [6.07, 6.45) is 0. The molecule has 0 radical (unpaired) electrons. The highest BCUT2D eigenvalue weighted by molar-refractivity contribution is 6.20. The standard InChI is InChI=1S/C46H29NO2/c1-2-12-30(13-3-1)34-15-6-8-19-39(34)47(40-20-11-23-43-45(40)38-29-26-31-14-4-5-16-36(31)46(38)49-43)33-27-24-32(25-28-33)35-18-10-22-42-44(35)37-17-7-9-21-41(37)48-42/h1-29H/i4D,5D,6D,8D,11D,14D,15D,16D,19D,20D,23D,24D,25D,26D,27D,28D,29D. The van der Waals surface area contributed by atoms with Crippen LogP contribution in [0.15, 0.2) is 184 Å². The quantitative estimate of drug-likeness (QED) is 0.187. The fourth-order valence-corrected chi connectivity index (χ4v) is 6.28. The van der Waals surface area contributed by atoms with Crippen LogP contribution in [0.3, 0.4) is 0 Å². The number of para-hydroxylation sites is 2. The lowest BCUT2D eigenvalue weighted by molar-refractivity contribution is 0.669. The van der Waals surface area contributed by atoms with E-state index < -0.39 is 136 Å². The molecule has 2 aromatic heterocycles. The Balaban J connectivity index is 1.44. The van der Waals surface area contributed by atoms with E-state index in [4.69, 9.17) is 21.2 Å². The van der Waals surface area contributed by atoms with Crippen LogP contribution in [0, 0.1) is 0 Å². The lowest BCUT2D eigenvalue weighted by Crippen LogP contribution is -2.11. The average Bonchev–Trinajstić information content (AvgIpc) is 3.90. The SMILES string of the molecule is [2H]c1c([2H])c([2H])c(N(c2c([2H])c([2H])c(-c3cccc4oc5ccccc5c34)c([2H])c2[2H])c2c([2H])c([2H])c([2H])c3oc4c5c([2H])c([2H])c([2H])c([2H])c5c([2H])c([2H])c4c23)c(-c2ccccc2)c1[2H]. The normalized spacial score (nSPS) is 16.5. The molecule has 0 saturated heterocycles. The Morgan fingerprint density at radius 1 is 0.429 bits per heavy atom. The number of benzene rings is 8. The summed E-state index contributed by atoms with van der Waals surface area (Å²) in [4.78, 5) is 0.892. The second kappa shape index (κ2) is 11.0. The molecule has 10 aromatic rings. The van der Waals surface area contributed by atoms with Crippen LogP contribution in [0.4, 0.5) is 17.1 Å². The molecule has 0 bridgehead atoms. The zero-order valence-corrected chi connectivity index (χ0v) is 25.2. The molecule has 0 atom stereocenters. The van der Waals surface area contributed by atoms with Gasteiger partial charge in [0.2, 0.25) is 0 Å². The molecule has 0 saturated carbocycles. The maximum atomic E-state index is 9.79. The summed E-state index contributed by atoms with van der Waals surface area (Å²) in [5.74, 6) is 0. The Bertz CT molecular complexity index is 3780. The van der Waals surface area contributed by atoms with Crippen molar-refractivity contribution in [1.29, 1.82) is 0 Å². The fraction of sp³-hybridized carbons (Fsp3) is 0. The summed E-state index contributed by atoms with van der Waals surface area (Å²) in [5, 5.41) is -0.426. The van der Waals surface area contributed by atoms with Crippen molar-refractivity contribution in [3.05, 3.63) is 176 Å². The van der Waals surface area contributed by atoms with Crippen LogP contribution < -0.4 is 4.90 Å². The average molecular weight is 645 g/mol. The first kappa shape index (κ1) is 15.5. The topological polar surface area (TPSA) is 29.5 Å². The number of hydrogen-bond donors (Lipinski definition) is 0. The molecule has 49 heavy (non-hydrogen) atoms. The number of nitrogens with zero attached hydrogens (tertiary/aromatic N) is 1. The minimum absolute atomic E-state index is 0.162. The van der Waals surface area contributed by atoms with E-state index in [0.29, 0.717) is 21.9 Å². The van der Waals surface area contributed by atoms with Crippen LogP contribution in [-0.2, 0) is 0 Å². The molecule has 0 spiro atoms. The monoisotopic (exact) mass is 644 g/mol. The molecule has 3 nitrogen and oxygen atoms in total. The molecule has 0 amide bonds. The molecule has 0 aliphatic carbocycles. The molecule has 0 aliphatic heterocycles. The summed E-state index contributed by atoms with van der Waals surface area (Å²) >= 11 is 0. The van der Waals surface area contributed by atoms with Crippen molar-refractivity contribution in [2.45, 2.75) is 0 Å². The summed E-state index contributed by atoms with van der Waals surface area (Å²) in [6.45, 7) is 0. The van der Waals surface area contributed by atoms with Crippen LogP contribution in [0.2, 0.25) is 0 Å². The lowest BCUT2D eigenvalue weighted by atomic mass is 9.98. The van der Waals surface area contributed by atoms with E-state index in [1.165, 1.54) is 12.1 Å². The highest BCUT2D eigenvalue weighted by atomic mass is 16.3. The maximum Gasteiger partial charge on any atom is 0.143 e. The van der Waals surface area contributed by atoms with Gasteiger partial charge in [-0.3, -0.25) is 0 Å². The Hall–Kier alpha value is -6.58. The van der Waals surface area contributed by atoms with E-state index in [1.807, 2.05) is 0 Å². The molecule has 10 rings (SSSR count). The first-order chi connectivity index (χ1) is 31.4. The van der Waals surface area contributed by atoms with Gasteiger partial charge < -0.3 is 13.7 Å². The number of furan rings is 2. The van der Waals surface area contributed by atoms with Gasteiger partial charge in [-0.15, -0.1) is 0 Å². The predicted molar refractivity (Wildman–Crippen MR) is 204 cm³/mol. The van der Waals surface area contributed by atoms with Crippen molar-refractivity contribution in [1.82, 2.24) is 0 Å². The number of rotatable bonds is 5. The van der Waals surface area contributed by atoms with Crippen molar-refractivity contribution in [2.24, 2.45) is 0 Å². The maximum absolute atomic E-state index is 9.79. The van der Waals surface area contributed by atoms with Crippen LogP contribution in [0.25, 0.3) is 76.9 Å². The first-order valence-corrected chi connectivity index (χ1v) is 15.2. The Morgan fingerprint density at radius 2 is 1.20 bits per heavy atom. The van der Waals surface area contributed by atoms with Crippen LogP contribution in [-0.4, -0.2) is 0 Å². The van der Waals surface area contributed by atoms with Gasteiger partial charge in [-0.25, -0.2) is 0 Å². The Labute approximate surface area is 306 Å². The van der Waals surface area contributed by atoms with E-state index >= 15 is 0 Å². The fourth-order valence-electron chi connectivity index (χ4n) is 6.28. The van der Waals surface area contributed by atoms with Crippen molar-refractivity contribution >= 4 is 71.7 Å². The minimum atomic E-state index is -0.849. The zero-order valence-electron chi connectivity index (χ0n) is 42.2. The van der Waals surface area contributed by atoms with E-state index in [2.05, 4.69) is 0 Å². The summed E-state index contributed by atoms with van der Waals surface area (Å²) in [7, 11) is 0. The first-order valence-electron chi connectivity index (χ1n) is 23.7. The van der Waals surface area contributed by atoms with E-state index in [-0.39, 0.29) is 38.4 Å². The molecule has 0 fully saturated rings. The van der Waals surface area contributed by atoms with E-state index in [0.717, 1.165) is 4.90 Å². The van der Waals surface area contributed by atoms with Gasteiger partial charge in [0.25, 0.3) is 0 Å². The van der Waals surface area contributed by atoms with Crippen molar-refractivity contribution in [2.75, 3.05) is 4.90 Å². The molecule has 8 aromatic carbocycles. The van der Waals surface area contributed by atoms with Crippen molar-refractivity contribution in [3.8, 4) is 22.3 Å². The van der Waals surface area contributed by atoms with Crippen LogP contribution in [0.5, 0.6) is 0 Å². The highest BCUT2D eigenvalue weighted by Gasteiger charge is 2.23. The lowest BCUT2D eigenvalue weighted by Gasteiger charge is -2.28. The minimum Gasteiger partial charge on any atom is -0.456 e. The Kier molecular flexibility index (Phi) is 3.49. The largest absolute Gasteiger partial charge is 0.456 e. The summed E-state index contributed by atoms with van der Waals surface area (Å²) in [5.41, 5.74) is -1.77.